The molecule has 0 saturated heterocycles. The van der Waals surface area contributed by atoms with Crippen LogP contribution in [0.2, 0.25) is 0 Å². The van der Waals surface area contributed by atoms with E-state index in [4.69, 9.17) is 0 Å². The Balaban J connectivity index is 1.54. The molecule has 2 nitrogen and oxygen atoms in total. The van der Waals surface area contributed by atoms with Gasteiger partial charge in [0, 0.05) is 6.04 Å². The Hall–Kier alpha value is -2.09. The SMILES string of the molecule is C[C@@H](NC(=O)C(c1ccccc1)c1ccccc1)[C@H]1C[C@@H]2CC[C@@H]1C2. The highest BCUT2D eigenvalue weighted by molar-refractivity contribution is 5.87. The minimum atomic E-state index is -0.233. The van der Waals surface area contributed by atoms with Gasteiger partial charge >= 0.3 is 0 Å². The van der Waals surface area contributed by atoms with Crippen molar-refractivity contribution in [1.29, 1.82) is 0 Å². The molecule has 0 aromatic heterocycles. The summed E-state index contributed by atoms with van der Waals surface area (Å²) in [4.78, 5) is 13.2. The maximum atomic E-state index is 13.2. The molecule has 2 aromatic carbocycles. The van der Waals surface area contributed by atoms with Gasteiger partial charge in [-0.05, 0) is 55.1 Å². The lowest BCUT2D eigenvalue weighted by Gasteiger charge is -2.30. The van der Waals surface area contributed by atoms with E-state index < -0.39 is 0 Å². The number of carbonyl (C=O) groups is 1. The second-order valence-electron chi connectivity index (χ2n) is 7.89. The van der Waals surface area contributed by atoms with Crippen LogP contribution < -0.4 is 5.32 Å². The lowest BCUT2D eigenvalue weighted by Crippen LogP contribution is -2.42. The average Bonchev–Trinajstić information content (AvgIpc) is 3.27. The van der Waals surface area contributed by atoms with E-state index in [1.807, 2.05) is 36.4 Å². The van der Waals surface area contributed by atoms with Crippen LogP contribution in [0.5, 0.6) is 0 Å². The van der Waals surface area contributed by atoms with Gasteiger partial charge < -0.3 is 5.32 Å². The van der Waals surface area contributed by atoms with Gasteiger partial charge in [0.15, 0.2) is 0 Å². The Labute approximate surface area is 150 Å². The largest absolute Gasteiger partial charge is 0.353 e. The molecule has 4 atom stereocenters. The van der Waals surface area contributed by atoms with Gasteiger partial charge in [0.25, 0.3) is 0 Å². The summed E-state index contributed by atoms with van der Waals surface area (Å²) in [5.41, 5.74) is 2.12. The lowest BCUT2D eigenvalue weighted by atomic mass is 9.83. The standard InChI is InChI=1S/C23H27NO/c1-16(21-15-17-12-13-20(21)14-17)24-23(25)22(18-8-4-2-5-9-18)19-10-6-3-7-11-19/h2-11,16-17,20-22H,12-15H2,1H3,(H,24,25)/t16-,17-,20-,21-/m1/s1. The van der Waals surface area contributed by atoms with Gasteiger partial charge in [-0.3, -0.25) is 4.79 Å². The number of benzene rings is 2. The summed E-state index contributed by atoms with van der Waals surface area (Å²) >= 11 is 0. The van der Waals surface area contributed by atoms with Gasteiger partial charge in [0.1, 0.15) is 0 Å². The summed E-state index contributed by atoms with van der Waals surface area (Å²) in [6, 6.07) is 20.5. The Bertz CT molecular complexity index is 672. The van der Waals surface area contributed by atoms with Crippen LogP contribution in [0.25, 0.3) is 0 Å². The predicted molar refractivity (Wildman–Crippen MR) is 101 cm³/mol. The van der Waals surface area contributed by atoms with Crippen molar-refractivity contribution in [2.75, 3.05) is 0 Å². The third kappa shape index (κ3) is 3.35. The van der Waals surface area contributed by atoms with Crippen LogP contribution in [-0.2, 0) is 4.79 Å². The molecule has 2 fully saturated rings. The van der Waals surface area contributed by atoms with Crippen molar-refractivity contribution >= 4 is 5.91 Å². The molecule has 1 amide bonds. The van der Waals surface area contributed by atoms with E-state index in [0.29, 0.717) is 5.92 Å². The van der Waals surface area contributed by atoms with E-state index in [1.54, 1.807) is 0 Å². The number of hydrogen-bond acceptors (Lipinski definition) is 1. The van der Waals surface area contributed by atoms with Gasteiger partial charge in [-0.15, -0.1) is 0 Å². The maximum absolute atomic E-state index is 13.2. The quantitative estimate of drug-likeness (QED) is 0.840. The summed E-state index contributed by atoms with van der Waals surface area (Å²) in [6.07, 6.45) is 5.44. The fourth-order valence-electron chi connectivity index (χ4n) is 5.11. The second kappa shape index (κ2) is 7.03. The zero-order chi connectivity index (χ0) is 17.2. The maximum Gasteiger partial charge on any atom is 0.232 e. The molecule has 0 spiro atoms. The Morgan fingerprint density at radius 2 is 1.52 bits per heavy atom. The van der Waals surface area contributed by atoms with E-state index in [-0.39, 0.29) is 17.9 Å². The molecule has 0 aliphatic heterocycles. The fourth-order valence-corrected chi connectivity index (χ4v) is 5.11. The van der Waals surface area contributed by atoms with Crippen molar-refractivity contribution in [3.63, 3.8) is 0 Å². The first-order chi connectivity index (χ1) is 12.2. The topological polar surface area (TPSA) is 29.1 Å². The first kappa shape index (κ1) is 16.4. The molecule has 2 aromatic rings. The van der Waals surface area contributed by atoms with Crippen molar-refractivity contribution in [1.82, 2.24) is 5.32 Å². The van der Waals surface area contributed by atoms with Crippen molar-refractivity contribution in [3.05, 3.63) is 71.8 Å². The van der Waals surface area contributed by atoms with Gasteiger partial charge in [0.05, 0.1) is 5.92 Å². The highest BCUT2D eigenvalue weighted by Crippen LogP contribution is 2.49. The fraction of sp³-hybridized carbons (Fsp3) is 0.435. The highest BCUT2D eigenvalue weighted by atomic mass is 16.1. The molecule has 0 radical (unpaired) electrons. The number of hydrogen-bond donors (Lipinski definition) is 1. The molecule has 0 heterocycles. The lowest BCUT2D eigenvalue weighted by molar-refractivity contribution is -0.122. The average molecular weight is 333 g/mol. The zero-order valence-electron chi connectivity index (χ0n) is 14.9. The third-order valence-electron chi connectivity index (χ3n) is 6.33. The molecule has 0 unspecified atom stereocenters. The van der Waals surface area contributed by atoms with E-state index in [1.165, 1.54) is 25.7 Å². The van der Waals surface area contributed by atoms with Crippen LogP contribution >= 0.6 is 0 Å². The minimum Gasteiger partial charge on any atom is -0.353 e. The zero-order valence-corrected chi connectivity index (χ0v) is 14.9. The molecule has 2 saturated carbocycles. The Kier molecular flexibility index (Phi) is 4.61. The van der Waals surface area contributed by atoms with Gasteiger partial charge in [-0.1, -0.05) is 67.1 Å². The molecule has 2 heteroatoms. The minimum absolute atomic E-state index is 0.132. The first-order valence-electron chi connectivity index (χ1n) is 9.62. The normalized spacial score (nSPS) is 25.9. The second-order valence-corrected chi connectivity index (χ2v) is 7.89. The van der Waals surface area contributed by atoms with Gasteiger partial charge in [-0.2, -0.15) is 0 Å². The summed E-state index contributed by atoms with van der Waals surface area (Å²) in [7, 11) is 0. The van der Waals surface area contributed by atoms with E-state index in [9.17, 15) is 4.79 Å². The number of nitrogens with one attached hydrogen (secondary N) is 1. The van der Waals surface area contributed by atoms with Crippen molar-refractivity contribution < 1.29 is 4.79 Å². The number of rotatable bonds is 5. The monoisotopic (exact) mass is 333 g/mol. The van der Waals surface area contributed by atoms with Crippen molar-refractivity contribution in [2.24, 2.45) is 17.8 Å². The molecule has 2 aliphatic rings. The van der Waals surface area contributed by atoms with Gasteiger partial charge in [0.2, 0.25) is 5.91 Å². The molecule has 25 heavy (non-hydrogen) atoms. The highest BCUT2D eigenvalue weighted by Gasteiger charge is 2.42. The summed E-state index contributed by atoms with van der Waals surface area (Å²) in [5, 5.41) is 3.36. The number of carbonyl (C=O) groups excluding carboxylic acids is 1. The van der Waals surface area contributed by atoms with Crippen LogP contribution in [0.3, 0.4) is 0 Å². The van der Waals surface area contributed by atoms with E-state index in [0.717, 1.165) is 23.0 Å². The number of amides is 1. The Morgan fingerprint density at radius 1 is 0.920 bits per heavy atom. The summed E-state index contributed by atoms with van der Waals surface area (Å²) < 4.78 is 0. The van der Waals surface area contributed by atoms with Crippen LogP contribution in [0.15, 0.2) is 60.7 Å². The molecule has 2 bridgehead atoms. The van der Waals surface area contributed by atoms with Crippen molar-refractivity contribution in [3.8, 4) is 0 Å². The molecule has 130 valence electrons. The predicted octanol–water partition coefficient (Wildman–Crippen LogP) is 4.76. The first-order valence-corrected chi connectivity index (χ1v) is 9.62. The van der Waals surface area contributed by atoms with E-state index in [2.05, 4.69) is 36.5 Å². The summed E-state index contributed by atoms with van der Waals surface area (Å²) in [6.45, 7) is 2.20. The van der Waals surface area contributed by atoms with Crippen LogP contribution in [0.1, 0.15) is 49.7 Å². The molecule has 2 aliphatic carbocycles. The van der Waals surface area contributed by atoms with Crippen LogP contribution in [-0.4, -0.2) is 11.9 Å². The van der Waals surface area contributed by atoms with Crippen LogP contribution in [0, 0.1) is 17.8 Å². The smallest absolute Gasteiger partial charge is 0.232 e. The molecule has 1 N–H and O–H groups in total. The third-order valence-corrected chi connectivity index (χ3v) is 6.33. The van der Waals surface area contributed by atoms with E-state index >= 15 is 0 Å². The molecular weight excluding hydrogens is 306 g/mol. The van der Waals surface area contributed by atoms with Crippen LogP contribution in [0.4, 0.5) is 0 Å². The van der Waals surface area contributed by atoms with Crippen molar-refractivity contribution in [2.45, 2.75) is 44.6 Å². The summed E-state index contributed by atoms with van der Waals surface area (Å²) in [5.74, 6) is 2.30. The number of fused-ring (bicyclic) bond motifs is 2. The molecular formula is C23H27NO. The molecule has 4 rings (SSSR count). The van der Waals surface area contributed by atoms with Gasteiger partial charge in [-0.25, -0.2) is 0 Å². The Morgan fingerprint density at radius 3 is 2.00 bits per heavy atom.